The molecule has 1 N–H and O–H groups in total. The van der Waals surface area contributed by atoms with Crippen LogP contribution in [-0.4, -0.2) is 29.1 Å². The summed E-state index contributed by atoms with van der Waals surface area (Å²) >= 11 is 0. The van der Waals surface area contributed by atoms with Gasteiger partial charge in [0.05, 0.1) is 13.7 Å². The second-order valence-corrected chi connectivity index (χ2v) is 3.20. The Bertz CT molecular complexity index is 441. The Morgan fingerprint density at radius 2 is 2.27 bits per heavy atom. The van der Waals surface area contributed by atoms with E-state index in [-0.39, 0.29) is 6.54 Å². The summed E-state index contributed by atoms with van der Waals surface area (Å²) < 4.78 is 4.99. The zero-order valence-corrected chi connectivity index (χ0v) is 8.06. The predicted molar refractivity (Wildman–Crippen MR) is 50.9 cm³/mol. The van der Waals surface area contributed by atoms with Crippen LogP contribution in [0.25, 0.3) is 0 Å². The number of rotatable bonds is 1. The Morgan fingerprint density at radius 3 is 2.87 bits per heavy atom. The summed E-state index contributed by atoms with van der Waals surface area (Å²) in [5.74, 6) is 0.147. The van der Waals surface area contributed by atoms with Crippen molar-refractivity contribution in [3.05, 3.63) is 29.3 Å². The van der Waals surface area contributed by atoms with E-state index in [2.05, 4.69) is 0 Å². The minimum absolute atomic E-state index is 0.0979. The molecular formula is C10H9NO4. The molecule has 0 saturated heterocycles. The van der Waals surface area contributed by atoms with Crippen molar-refractivity contribution < 1.29 is 19.4 Å². The first kappa shape index (κ1) is 9.51. The SMILES string of the molecule is COc1ccc2c(c1)CN(C(=O)O)C2=O. The minimum Gasteiger partial charge on any atom is -0.497 e. The molecule has 0 aliphatic carbocycles. The van der Waals surface area contributed by atoms with Crippen LogP contribution in [-0.2, 0) is 6.54 Å². The molecular weight excluding hydrogens is 198 g/mol. The fourth-order valence-electron chi connectivity index (χ4n) is 1.58. The molecule has 78 valence electrons. The van der Waals surface area contributed by atoms with Gasteiger partial charge in [0.2, 0.25) is 0 Å². The van der Waals surface area contributed by atoms with E-state index in [1.165, 1.54) is 7.11 Å². The van der Waals surface area contributed by atoms with Gasteiger partial charge in [0, 0.05) is 5.56 Å². The van der Waals surface area contributed by atoms with Crippen molar-refractivity contribution in [3.63, 3.8) is 0 Å². The molecule has 2 amide bonds. The lowest BCUT2D eigenvalue weighted by atomic mass is 10.1. The molecule has 0 atom stereocenters. The number of carboxylic acid groups (broad SMARTS) is 1. The van der Waals surface area contributed by atoms with Gasteiger partial charge in [-0.05, 0) is 23.8 Å². The van der Waals surface area contributed by atoms with Crippen molar-refractivity contribution in [2.45, 2.75) is 6.54 Å². The summed E-state index contributed by atoms with van der Waals surface area (Å²) in [4.78, 5) is 23.0. The summed E-state index contributed by atoms with van der Waals surface area (Å²) in [7, 11) is 1.52. The number of methoxy groups -OCH3 is 1. The summed E-state index contributed by atoms with van der Waals surface area (Å²) in [5.41, 5.74) is 1.11. The van der Waals surface area contributed by atoms with Gasteiger partial charge < -0.3 is 9.84 Å². The van der Waals surface area contributed by atoms with Crippen molar-refractivity contribution in [2.24, 2.45) is 0 Å². The van der Waals surface area contributed by atoms with Crippen molar-refractivity contribution in [1.29, 1.82) is 0 Å². The van der Waals surface area contributed by atoms with Crippen LogP contribution in [0.3, 0.4) is 0 Å². The monoisotopic (exact) mass is 207 g/mol. The maximum absolute atomic E-state index is 11.5. The van der Waals surface area contributed by atoms with Gasteiger partial charge in [-0.25, -0.2) is 9.69 Å². The van der Waals surface area contributed by atoms with Crippen LogP contribution in [0.15, 0.2) is 18.2 Å². The van der Waals surface area contributed by atoms with Gasteiger partial charge in [-0.3, -0.25) is 4.79 Å². The zero-order valence-electron chi connectivity index (χ0n) is 8.06. The molecule has 1 heterocycles. The zero-order chi connectivity index (χ0) is 11.0. The van der Waals surface area contributed by atoms with Gasteiger partial charge in [0.15, 0.2) is 0 Å². The largest absolute Gasteiger partial charge is 0.497 e. The highest BCUT2D eigenvalue weighted by Crippen LogP contribution is 2.26. The van der Waals surface area contributed by atoms with E-state index in [9.17, 15) is 9.59 Å². The summed E-state index contributed by atoms with van der Waals surface area (Å²) in [5, 5.41) is 8.76. The van der Waals surface area contributed by atoms with Gasteiger partial charge in [0.25, 0.3) is 5.91 Å². The topological polar surface area (TPSA) is 66.8 Å². The van der Waals surface area contributed by atoms with Crippen LogP contribution in [0.4, 0.5) is 4.79 Å². The molecule has 5 heteroatoms. The first-order valence-electron chi connectivity index (χ1n) is 4.35. The third-order valence-corrected chi connectivity index (χ3v) is 2.35. The van der Waals surface area contributed by atoms with E-state index < -0.39 is 12.0 Å². The van der Waals surface area contributed by atoms with Crippen LogP contribution >= 0.6 is 0 Å². The summed E-state index contributed by atoms with van der Waals surface area (Å²) in [6.45, 7) is 0.0979. The number of hydrogen-bond donors (Lipinski definition) is 1. The Kier molecular flexibility index (Phi) is 2.07. The van der Waals surface area contributed by atoms with E-state index in [1.54, 1.807) is 18.2 Å². The summed E-state index contributed by atoms with van der Waals surface area (Å²) in [6.07, 6.45) is -1.23. The molecule has 0 aromatic heterocycles. The fourth-order valence-corrected chi connectivity index (χ4v) is 1.58. The van der Waals surface area contributed by atoms with E-state index in [1.807, 2.05) is 0 Å². The van der Waals surface area contributed by atoms with E-state index in [4.69, 9.17) is 9.84 Å². The number of fused-ring (bicyclic) bond motifs is 1. The van der Waals surface area contributed by atoms with Crippen LogP contribution in [0.5, 0.6) is 5.75 Å². The molecule has 0 unspecified atom stereocenters. The number of hydrogen-bond acceptors (Lipinski definition) is 3. The van der Waals surface area contributed by atoms with Gasteiger partial charge in [-0.1, -0.05) is 0 Å². The lowest BCUT2D eigenvalue weighted by molar-refractivity contribution is 0.0764. The number of amides is 2. The number of imide groups is 1. The molecule has 0 saturated carbocycles. The third kappa shape index (κ3) is 1.41. The molecule has 0 bridgehead atoms. The third-order valence-electron chi connectivity index (χ3n) is 2.35. The number of ether oxygens (including phenoxy) is 1. The molecule has 1 aliphatic rings. The second-order valence-electron chi connectivity index (χ2n) is 3.20. The van der Waals surface area contributed by atoms with Crippen molar-refractivity contribution in [1.82, 2.24) is 4.90 Å². The predicted octanol–water partition coefficient (Wildman–Crippen LogP) is 1.33. The van der Waals surface area contributed by atoms with Crippen LogP contribution in [0.2, 0.25) is 0 Å². The smallest absolute Gasteiger partial charge is 0.414 e. The highest BCUT2D eigenvalue weighted by Gasteiger charge is 2.31. The maximum atomic E-state index is 11.5. The highest BCUT2D eigenvalue weighted by atomic mass is 16.5. The van der Waals surface area contributed by atoms with Crippen molar-refractivity contribution >= 4 is 12.0 Å². The quantitative estimate of drug-likeness (QED) is 0.754. The van der Waals surface area contributed by atoms with Gasteiger partial charge >= 0.3 is 6.09 Å². The minimum atomic E-state index is -1.23. The highest BCUT2D eigenvalue weighted by molar-refractivity contribution is 6.06. The number of nitrogens with zero attached hydrogens (tertiary/aromatic N) is 1. The Hall–Kier alpha value is -2.04. The van der Waals surface area contributed by atoms with Crippen LogP contribution in [0, 0.1) is 0 Å². The van der Waals surface area contributed by atoms with Crippen molar-refractivity contribution in [3.8, 4) is 5.75 Å². The molecule has 0 fully saturated rings. The maximum Gasteiger partial charge on any atom is 0.414 e. The van der Waals surface area contributed by atoms with Gasteiger partial charge in [-0.15, -0.1) is 0 Å². The molecule has 5 nitrogen and oxygen atoms in total. The number of carbonyl (C=O) groups is 2. The Labute approximate surface area is 85.9 Å². The average Bonchev–Trinajstić information content (AvgIpc) is 2.55. The molecule has 0 spiro atoms. The average molecular weight is 207 g/mol. The van der Waals surface area contributed by atoms with Gasteiger partial charge in [-0.2, -0.15) is 0 Å². The van der Waals surface area contributed by atoms with Crippen molar-refractivity contribution in [2.75, 3.05) is 7.11 Å². The lowest BCUT2D eigenvalue weighted by Gasteiger charge is -2.06. The first-order chi connectivity index (χ1) is 7.13. The van der Waals surface area contributed by atoms with Crippen LogP contribution in [0.1, 0.15) is 15.9 Å². The van der Waals surface area contributed by atoms with E-state index >= 15 is 0 Å². The summed E-state index contributed by atoms with van der Waals surface area (Å²) in [6, 6.07) is 4.90. The van der Waals surface area contributed by atoms with Gasteiger partial charge in [0.1, 0.15) is 5.75 Å². The molecule has 1 aliphatic heterocycles. The molecule has 1 aromatic rings. The standard InChI is InChI=1S/C10H9NO4/c1-15-7-2-3-8-6(4-7)5-11(9(8)12)10(13)14/h2-4H,5H2,1H3,(H,13,14). The molecule has 0 radical (unpaired) electrons. The molecule has 1 aromatic carbocycles. The van der Waals surface area contributed by atoms with E-state index in [0.29, 0.717) is 16.9 Å². The lowest BCUT2D eigenvalue weighted by Crippen LogP contribution is -2.29. The Balaban J connectivity index is 2.41. The molecule has 2 rings (SSSR count). The number of carbonyl (C=O) groups excluding carboxylic acids is 1. The normalized spacial score (nSPS) is 13.9. The fraction of sp³-hybridized carbons (Fsp3) is 0.200. The number of benzene rings is 1. The van der Waals surface area contributed by atoms with E-state index in [0.717, 1.165) is 4.90 Å². The van der Waals surface area contributed by atoms with Crippen LogP contribution < -0.4 is 4.74 Å². The first-order valence-corrected chi connectivity index (χ1v) is 4.35. The molecule has 15 heavy (non-hydrogen) atoms. The second kappa shape index (κ2) is 3.27. The Morgan fingerprint density at radius 1 is 1.53 bits per heavy atom.